The Kier molecular flexibility index (Phi) is 8.11. The lowest BCUT2D eigenvalue weighted by molar-refractivity contribution is -0.130. The molecule has 0 aromatic carbocycles. The summed E-state index contributed by atoms with van der Waals surface area (Å²) >= 11 is 0. The Bertz CT molecular complexity index is 1260. The molecule has 202 valence electrons. The Labute approximate surface area is 223 Å². The van der Waals surface area contributed by atoms with E-state index in [0.717, 1.165) is 22.3 Å². The molecule has 3 atom stereocenters. The number of carbonyl (C=O) groups excluding carboxylic acids is 3. The van der Waals surface area contributed by atoms with Crippen LogP contribution in [0.1, 0.15) is 51.2 Å². The number of amides is 2. The topological polar surface area (TPSA) is 88.6 Å². The van der Waals surface area contributed by atoms with E-state index in [1.54, 1.807) is 17.2 Å². The van der Waals surface area contributed by atoms with Gasteiger partial charge in [-0.25, -0.2) is 9.37 Å². The fourth-order valence-corrected chi connectivity index (χ4v) is 5.01. The minimum atomic E-state index is -1.08. The Balaban J connectivity index is 1.67. The maximum absolute atomic E-state index is 13.5. The maximum atomic E-state index is 13.5. The van der Waals surface area contributed by atoms with E-state index in [9.17, 15) is 18.8 Å². The number of rotatable bonds is 8. The molecule has 1 aromatic heterocycles. The number of nitrogens with zero attached hydrogens (tertiary/aromatic N) is 2. The number of Topliss-reactive ketones (excluding diaryl/α,β-unsaturated/α-hetero) is 1. The predicted octanol–water partition coefficient (Wildman–Crippen LogP) is 4.75. The smallest absolute Gasteiger partial charge is 0.254 e. The highest BCUT2D eigenvalue weighted by atomic mass is 19.1. The molecule has 1 N–H and O–H groups in total. The molecule has 1 aromatic rings. The second-order valence-corrected chi connectivity index (χ2v) is 10.6. The standard InChI is InChI=1S/C30H36FN3O4/c1-6-26(35)30(5)8-7-22(19(3)16-30)23(20(4)29(37)34-9-11-38-12-10-34)14-21-17-32-27(13-18(21)2)33-28(36)24-15-25(24)31/h7,13-14,16-17,24-25H,4,6,8-12,15H2,1-3,5H3,(H,32,33,36)/b23-14+/t24-,25+,30?/m0/s1. The highest BCUT2D eigenvalue weighted by Gasteiger charge is 2.43. The van der Waals surface area contributed by atoms with Gasteiger partial charge in [0, 0.05) is 36.7 Å². The number of carbonyl (C=O) groups is 3. The SMILES string of the molecule is C=C(C(=O)N1CCOCC1)/C(=C\c1cnc(NC(=O)[C@H]2C[C@H]2F)cc1C)C1=CCC(C)(C(=O)CC)C=C1C. The number of pyridine rings is 1. The Morgan fingerprint density at radius 3 is 2.55 bits per heavy atom. The molecular formula is C30H36FN3O4. The van der Waals surface area contributed by atoms with Crippen molar-refractivity contribution in [3.8, 4) is 0 Å². The van der Waals surface area contributed by atoms with E-state index >= 15 is 0 Å². The van der Waals surface area contributed by atoms with E-state index in [-0.39, 0.29) is 24.0 Å². The molecule has 1 saturated heterocycles. The average molecular weight is 522 g/mol. The number of ketones is 1. The molecule has 3 aliphatic rings. The van der Waals surface area contributed by atoms with Crippen molar-refractivity contribution >= 4 is 29.5 Å². The Morgan fingerprint density at radius 1 is 1.29 bits per heavy atom. The number of halogens is 1. The van der Waals surface area contributed by atoms with Crippen molar-refractivity contribution in [2.75, 3.05) is 31.6 Å². The summed E-state index contributed by atoms with van der Waals surface area (Å²) in [6.45, 7) is 13.8. The fourth-order valence-electron chi connectivity index (χ4n) is 5.01. The van der Waals surface area contributed by atoms with E-state index < -0.39 is 17.5 Å². The molecule has 2 heterocycles. The van der Waals surface area contributed by atoms with Crippen LogP contribution in [0.25, 0.3) is 6.08 Å². The summed E-state index contributed by atoms with van der Waals surface area (Å²) in [6, 6.07) is 1.73. The van der Waals surface area contributed by atoms with Crippen molar-refractivity contribution in [2.45, 2.75) is 53.1 Å². The quantitative estimate of drug-likeness (QED) is 0.394. The van der Waals surface area contributed by atoms with Crippen molar-refractivity contribution in [2.24, 2.45) is 11.3 Å². The first-order chi connectivity index (χ1) is 18.0. The van der Waals surface area contributed by atoms with E-state index in [1.165, 1.54) is 0 Å². The van der Waals surface area contributed by atoms with Crippen LogP contribution in [0.5, 0.6) is 0 Å². The van der Waals surface area contributed by atoms with Gasteiger partial charge in [-0.05, 0) is 73.6 Å². The van der Waals surface area contributed by atoms with Crippen LogP contribution in [-0.4, -0.2) is 60.0 Å². The normalized spacial score (nSPS) is 25.3. The summed E-state index contributed by atoms with van der Waals surface area (Å²) in [5, 5.41) is 2.68. The number of allylic oxidation sites excluding steroid dienone is 4. The number of anilines is 1. The third kappa shape index (κ3) is 5.85. The van der Waals surface area contributed by atoms with Crippen LogP contribution in [0.15, 0.2) is 53.3 Å². The predicted molar refractivity (Wildman–Crippen MR) is 145 cm³/mol. The minimum absolute atomic E-state index is 0.161. The zero-order chi connectivity index (χ0) is 27.6. The monoisotopic (exact) mass is 521 g/mol. The van der Waals surface area contributed by atoms with Crippen LogP contribution in [0.2, 0.25) is 0 Å². The Morgan fingerprint density at radius 2 is 1.97 bits per heavy atom. The number of morpholine rings is 1. The van der Waals surface area contributed by atoms with Crippen molar-refractivity contribution in [3.05, 3.63) is 64.4 Å². The molecule has 38 heavy (non-hydrogen) atoms. The lowest BCUT2D eigenvalue weighted by Crippen LogP contribution is -2.41. The summed E-state index contributed by atoms with van der Waals surface area (Å²) in [7, 11) is 0. The van der Waals surface area contributed by atoms with Gasteiger partial charge >= 0.3 is 0 Å². The molecule has 2 amide bonds. The van der Waals surface area contributed by atoms with E-state index in [4.69, 9.17) is 4.74 Å². The van der Waals surface area contributed by atoms with Crippen LogP contribution in [0, 0.1) is 18.3 Å². The molecular weight excluding hydrogens is 485 g/mol. The summed E-state index contributed by atoms with van der Waals surface area (Å²) < 4.78 is 18.7. The third-order valence-corrected chi connectivity index (χ3v) is 7.57. The first kappa shape index (κ1) is 27.6. The summed E-state index contributed by atoms with van der Waals surface area (Å²) in [5.74, 6) is -0.600. The molecule has 7 nitrogen and oxygen atoms in total. The van der Waals surface area contributed by atoms with E-state index in [2.05, 4.69) is 16.9 Å². The molecule has 1 aliphatic heterocycles. The first-order valence-corrected chi connectivity index (χ1v) is 13.2. The average Bonchev–Trinajstić information content (AvgIpc) is 3.64. The Hall–Kier alpha value is -3.39. The minimum Gasteiger partial charge on any atom is -0.378 e. The molecule has 0 spiro atoms. The number of ether oxygens (including phenoxy) is 1. The largest absolute Gasteiger partial charge is 0.378 e. The number of hydrogen-bond acceptors (Lipinski definition) is 5. The van der Waals surface area contributed by atoms with Crippen LogP contribution in [0.3, 0.4) is 0 Å². The fraction of sp³-hybridized carbons (Fsp3) is 0.467. The molecule has 1 saturated carbocycles. The van der Waals surface area contributed by atoms with Crippen LogP contribution < -0.4 is 5.32 Å². The molecule has 2 fully saturated rings. The van der Waals surface area contributed by atoms with Gasteiger partial charge in [0.1, 0.15) is 17.8 Å². The molecule has 4 rings (SSSR count). The number of nitrogens with one attached hydrogen (secondary N) is 1. The van der Waals surface area contributed by atoms with Gasteiger partial charge < -0.3 is 15.0 Å². The number of aromatic nitrogens is 1. The summed E-state index contributed by atoms with van der Waals surface area (Å²) in [6.07, 6.45) is 7.69. The number of aryl methyl sites for hydroxylation is 1. The van der Waals surface area contributed by atoms with E-state index in [1.807, 2.05) is 45.9 Å². The summed E-state index contributed by atoms with van der Waals surface area (Å²) in [5.41, 5.74) is 3.80. The van der Waals surface area contributed by atoms with Crippen LogP contribution in [0.4, 0.5) is 10.2 Å². The highest BCUT2D eigenvalue weighted by molar-refractivity contribution is 6.01. The van der Waals surface area contributed by atoms with Crippen molar-refractivity contribution in [3.63, 3.8) is 0 Å². The van der Waals surface area contributed by atoms with E-state index in [0.29, 0.717) is 56.1 Å². The van der Waals surface area contributed by atoms with Crippen LogP contribution in [-0.2, 0) is 19.1 Å². The maximum Gasteiger partial charge on any atom is 0.254 e. The molecule has 2 aliphatic carbocycles. The van der Waals surface area contributed by atoms with Gasteiger partial charge in [0.05, 0.1) is 19.1 Å². The third-order valence-electron chi connectivity index (χ3n) is 7.57. The van der Waals surface area contributed by atoms with Crippen molar-refractivity contribution < 1.29 is 23.5 Å². The van der Waals surface area contributed by atoms with Gasteiger partial charge in [-0.1, -0.05) is 25.7 Å². The molecule has 0 radical (unpaired) electrons. The molecule has 1 unspecified atom stereocenters. The summed E-state index contributed by atoms with van der Waals surface area (Å²) in [4.78, 5) is 44.3. The molecule has 0 bridgehead atoms. The van der Waals surface area contributed by atoms with Crippen LogP contribution >= 0.6 is 0 Å². The second kappa shape index (κ2) is 11.2. The second-order valence-electron chi connectivity index (χ2n) is 10.6. The van der Waals surface area contributed by atoms with Gasteiger partial charge in [-0.15, -0.1) is 0 Å². The van der Waals surface area contributed by atoms with Gasteiger partial charge in [-0.2, -0.15) is 0 Å². The number of alkyl halides is 1. The zero-order valence-corrected chi connectivity index (χ0v) is 22.6. The number of hydrogen-bond donors (Lipinski definition) is 1. The highest BCUT2D eigenvalue weighted by Crippen LogP contribution is 2.40. The zero-order valence-electron chi connectivity index (χ0n) is 22.6. The van der Waals surface area contributed by atoms with Gasteiger partial charge in [0.2, 0.25) is 5.91 Å². The van der Waals surface area contributed by atoms with Crippen molar-refractivity contribution in [1.82, 2.24) is 9.88 Å². The molecule has 8 heteroatoms. The lowest BCUT2D eigenvalue weighted by Gasteiger charge is -2.31. The first-order valence-electron chi connectivity index (χ1n) is 13.2. The van der Waals surface area contributed by atoms with Gasteiger partial charge in [-0.3, -0.25) is 14.4 Å². The van der Waals surface area contributed by atoms with Gasteiger partial charge in [0.15, 0.2) is 0 Å². The lowest BCUT2D eigenvalue weighted by atomic mass is 9.73. The van der Waals surface area contributed by atoms with Gasteiger partial charge in [0.25, 0.3) is 5.91 Å². The van der Waals surface area contributed by atoms with Crippen molar-refractivity contribution in [1.29, 1.82) is 0 Å².